The predicted octanol–water partition coefficient (Wildman–Crippen LogP) is 4.11. The van der Waals surface area contributed by atoms with E-state index in [9.17, 15) is 0 Å². The lowest BCUT2D eigenvalue weighted by Gasteiger charge is -2.24. The van der Waals surface area contributed by atoms with Crippen molar-refractivity contribution in [3.8, 4) is 0 Å². The molecule has 1 heterocycles. The highest BCUT2D eigenvalue weighted by Gasteiger charge is 2.40. The first-order valence-electron chi connectivity index (χ1n) is 6.28. The average molecular weight is 236 g/mol. The lowest BCUT2D eigenvalue weighted by Crippen LogP contribution is -2.24. The first kappa shape index (κ1) is 10.5. The topological polar surface area (TPSA) is 3.24 Å². The molecule has 2 fully saturated rings. The number of rotatable bonds is 1. The average Bonchev–Trinajstić information content (AvgIpc) is 2.90. The van der Waals surface area contributed by atoms with Gasteiger partial charge in [0.15, 0.2) is 0 Å². The van der Waals surface area contributed by atoms with E-state index in [1.807, 2.05) is 6.07 Å². The van der Waals surface area contributed by atoms with E-state index in [0.29, 0.717) is 5.41 Å². The summed E-state index contributed by atoms with van der Waals surface area (Å²) in [7, 11) is 0. The van der Waals surface area contributed by atoms with Crippen LogP contribution in [0.4, 0.5) is 5.69 Å². The maximum Gasteiger partial charge on any atom is 0.0426 e. The molecule has 0 unspecified atom stereocenters. The molecule has 1 aromatic rings. The molecule has 1 nitrogen and oxygen atoms in total. The molecule has 0 aromatic heterocycles. The Kier molecular flexibility index (Phi) is 2.59. The second-order valence-electron chi connectivity index (χ2n) is 5.36. The van der Waals surface area contributed by atoms with Crippen LogP contribution >= 0.6 is 11.6 Å². The highest BCUT2D eigenvalue weighted by molar-refractivity contribution is 6.30. The largest absolute Gasteiger partial charge is 0.371 e. The minimum absolute atomic E-state index is 0.641. The van der Waals surface area contributed by atoms with E-state index >= 15 is 0 Å². The van der Waals surface area contributed by atoms with Crippen LogP contribution in [0.5, 0.6) is 0 Å². The molecular formula is C14H18ClN. The molecule has 0 bridgehead atoms. The molecule has 1 aliphatic heterocycles. The SMILES string of the molecule is Clc1cccc(N2CCC3(CCCC3)C2)c1. The van der Waals surface area contributed by atoms with Gasteiger partial charge in [-0.1, -0.05) is 30.5 Å². The number of nitrogens with zero attached hydrogens (tertiary/aromatic N) is 1. The Bertz CT molecular complexity index is 382. The summed E-state index contributed by atoms with van der Waals surface area (Å²) >= 11 is 6.05. The number of benzene rings is 1. The van der Waals surface area contributed by atoms with Crippen molar-refractivity contribution in [2.45, 2.75) is 32.1 Å². The van der Waals surface area contributed by atoms with Gasteiger partial charge in [-0.05, 0) is 42.9 Å². The number of hydrogen-bond acceptors (Lipinski definition) is 1. The Labute approximate surface area is 102 Å². The van der Waals surface area contributed by atoms with Crippen molar-refractivity contribution in [3.05, 3.63) is 29.3 Å². The van der Waals surface area contributed by atoms with E-state index in [4.69, 9.17) is 11.6 Å². The highest BCUT2D eigenvalue weighted by atomic mass is 35.5. The number of hydrogen-bond donors (Lipinski definition) is 0. The molecule has 0 atom stereocenters. The van der Waals surface area contributed by atoms with Crippen LogP contribution in [0.25, 0.3) is 0 Å². The van der Waals surface area contributed by atoms with Gasteiger partial charge in [0, 0.05) is 23.8 Å². The maximum absolute atomic E-state index is 6.05. The second-order valence-corrected chi connectivity index (χ2v) is 5.79. The van der Waals surface area contributed by atoms with E-state index in [1.54, 1.807) is 0 Å². The second kappa shape index (κ2) is 3.96. The van der Waals surface area contributed by atoms with Crippen LogP contribution in [-0.4, -0.2) is 13.1 Å². The van der Waals surface area contributed by atoms with Gasteiger partial charge in [-0.25, -0.2) is 0 Å². The van der Waals surface area contributed by atoms with Crippen molar-refractivity contribution in [2.24, 2.45) is 5.41 Å². The van der Waals surface area contributed by atoms with Gasteiger partial charge in [0.25, 0.3) is 0 Å². The molecular weight excluding hydrogens is 218 g/mol. The van der Waals surface area contributed by atoms with Crippen molar-refractivity contribution < 1.29 is 0 Å². The van der Waals surface area contributed by atoms with Gasteiger partial charge in [0.05, 0.1) is 0 Å². The molecule has 86 valence electrons. The van der Waals surface area contributed by atoms with Gasteiger partial charge in [0.2, 0.25) is 0 Å². The van der Waals surface area contributed by atoms with Crippen LogP contribution in [0, 0.1) is 5.41 Å². The molecule has 16 heavy (non-hydrogen) atoms. The first-order valence-corrected chi connectivity index (χ1v) is 6.66. The molecule has 2 aliphatic rings. The van der Waals surface area contributed by atoms with Crippen LogP contribution in [0.15, 0.2) is 24.3 Å². The molecule has 1 spiro atoms. The summed E-state index contributed by atoms with van der Waals surface area (Å²) in [5.41, 5.74) is 1.94. The fraction of sp³-hybridized carbons (Fsp3) is 0.571. The van der Waals surface area contributed by atoms with Crippen LogP contribution in [-0.2, 0) is 0 Å². The highest BCUT2D eigenvalue weighted by Crippen LogP contribution is 2.46. The van der Waals surface area contributed by atoms with E-state index in [0.717, 1.165) is 5.02 Å². The zero-order valence-corrected chi connectivity index (χ0v) is 10.3. The molecule has 0 N–H and O–H groups in total. The summed E-state index contributed by atoms with van der Waals surface area (Å²) in [4.78, 5) is 2.51. The van der Waals surface area contributed by atoms with Gasteiger partial charge >= 0.3 is 0 Å². The molecule has 3 rings (SSSR count). The minimum Gasteiger partial charge on any atom is -0.371 e. The molecule has 0 amide bonds. The third-order valence-electron chi connectivity index (χ3n) is 4.28. The zero-order valence-electron chi connectivity index (χ0n) is 9.58. The summed E-state index contributed by atoms with van der Waals surface area (Å²) in [6.07, 6.45) is 7.11. The standard InChI is InChI=1S/C14H18ClN/c15-12-4-3-5-13(10-12)16-9-8-14(11-16)6-1-2-7-14/h3-5,10H,1-2,6-9,11H2. The summed E-state index contributed by atoms with van der Waals surface area (Å²) < 4.78 is 0. The summed E-state index contributed by atoms with van der Waals surface area (Å²) in [6.45, 7) is 2.45. The van der Waals surface area contributed by atoms with Crippen LogP contribution < -0.4 is 4.90 Å². The molecule has 1 saturated carbocycles. The zero-order chi connectivity index (χ0) is 11.0. The molecule has 1 saturated heterocycles. The predicted molar refractivity (Wildman–Crippen MR) is 69.2 cm³/mol. The third-order valence-corrected chi connectivity index (χ3v) is 4.51. The van der Waals surface area contributed by atoms with Crippen molar-refractivity contribution in [3.63, 3.8) is 0 Å². The summed E-state index contributed by atoms with van der Waals surface area (Å²) in [5, 5.41) is 0.852. The minimum atomic E-state index is 0.641. The normalized spacial score (nSPS) is 23.2. The molecule has 2 heteroatoms. The van der Waals surface area contributed by atoms with E-state index < -0.39 is 0 Å². The molecule has 0 radical (unpaired) electrons. The van der Waals surface area contributed by atoms with Crippen molar-refractivity contribution in [1.82, 2.24) is 0 Å². The van der Waals surface area contributed by atoms with Crippen molar-refractivity contribution in [2.75, 3.05) is 18.0 Å². The van der Waals surface area contributed by atoms with Crippen molar-refractivity contribution >= 4 is 17.3 Å². The smallest absolute Gasteiger partial charge is 0.0426 e. The Morgan fingerprint density at radius 3 is 2.69 bits per heavy atom. The van der Waals surface area contributed by atoms with Crippen LogP contribution in [0.1, 0.15) is 32.1 Å². The molecule has 1 aromatic carbocycles. The van der Waals surface area contributed by atoms with E-state index in [-0.39, 0.29) is 0 Å². The Balaban J connectivity index is 1.78. The summed E-state index contributed by atoms with van der Waals surface area (Å²) in [6, 6.07) is 8.28. The van der Waals surface area contributed by atoms with Crippen molar-refractivity contribution in [1.29, 1.82) is 0 Å². The van der Waals surface area contributed by atoms with E-state index in [2.05, 4.69) is 23.1 Å². The molecule has 1 aliphatic carbocycles. The lowest BCUT2D eigenvalue weighted by atomic mass is 9.86. The van der Waals surface area contributed by atoms with E-state index in [1.165, 1.54) is 50.9 Å². The van der Waals surface area contributed by atoms with Crippen LogP contribution in [0.3, 0.4) is 0 Å². The van der Waals surface area contributed by atoms with Crippen LogP contribution in [0.2, 0.25) is 5.02 Å². The Hall–Kier alpha value is -0.690. The third kappa shape index (κ3) is 1.82. The van der Waals surface area contributed by atoms with Gasteiger partial charge in [0.1, 0.15) is 0 Å². The quantitative estimate of drug-likeness (QED) is 0.708. The van der Waals surface area contributed by atoms with Gasteiger partial charge in [-0.3, -0.25) is 0 Å². The fourth-order valence-corrected chi connectivity index (χ4v) is 3.55. The van der Waals surface area contributed by atoms with Gasteiger partial charge < -0.3 is 4.90 Å². The Morgan fingerprint density at radius 1 is 1.12 bits per heavy atom. The number of anilines is 1. The first-order chi connectivity index (χ1) is 7.77. The van der Waals surface area contributed by atoms with Gasteiger partial charge in [-0.15, -0.1) is 0 Å². The van der Waals surface area contributed by atoms with Gasteiger partial charge in [-0.2, -0.15) is 0 Å². The maximum atomic E-state index is 6.05. The summed E-state index contributed by atoms with van der Waals surface area (Å²) in [5.74, 6) is 0. The number of halogens is 1. The Morgan fingerprint density at radius 2 is 1.94 bits per heavy atom. The lowest BCUT2D eigenvalue weighted by molar-refractivity contribution is 0.341. The fourth-order valence-electron chi connectivity index (χ4n) is 3.36. The monoisotopic (exact) mass is 235 g/mol.